The summed E-state index contributed by atoms with van der Waals surface area (Å²) in [5, 5.41) is 6.10. The van der Waals surface area contributed by atoms with Crippen molar-refractivity contribution < 1.29 is 0 Å². The third kappa shape index (κ3) is 1.05. The van der Waals surface area contributed by atoms with Crippen molar-refractivity contribution in [2.24, 2.45) is 5.84 Å². The number of hydrazine groups is 1. The molecule has 68 valence electrons. The van der Waals surface area contributed by atoms with E-state index in [-0.39, 0.29) is 5.69 Å². The Labute approximate surface area is 72.6 Å². The Morgan fingerprint density at radius 2 is 2.46 bits per heavy atom. The van der Waals surface area contributed by atoms with Crippen molar-refractivity contribution in [1.29, 1.82) is 0 Å². The van der Waals surface area contributed by atoms with Crippen LogP contribution in [0, 0.1) is 6.92 Å². The van der Waals surface area contributed by atoms with Gasteiger partial charge in [0.2, 0.25) is 0 Å². The second-order valence-corrected chi connectivity index (χ2v) is 2.56. The summed E-state index contributed by atoms with van der Waals surface area (Å²) >= 11 is 0. The number of hydrogen-bond donors (Lipinski definition) is 3. The van der Waals surface area contributed by atoms with Gasteiger partial charge in [0.15, 0.2) is 5.65 Å². The highest BCUT2D eigenvalue weighted by Crippen LogP contribution is 2.05. The number of nitrogen functional groups attached to an aromatic ring is 1. The SMILES string of the molecule is Cc1nc(NN)cc2n[nH]c(=O)n12. The van der Waals surface area contributed by atoms with Crippen LogP contribution >= 0.6 is 0 Å². The molecule has 0 saturated carbocycles. The first-order valence-electron chi connectivity index (χ1n) is 3.64. The Kier molecular flexibility index (Phi) is 1.52. The molecular weight excluding hydrogens is 172 g/mol. The van der Waals surface area contributed by atoms with Crippen LogP contribution < -0.4 is 17.0 Å². The number of rotatable bonds is 1. The molecule has 0 radical (unpaired) electrons. The molecular formula is C6H8N6O. The smallest absolute Gasteiger partial charge is 0.308 e. The molecule has 0 aromatic carbocycles. The lowest BCUT2D eigenvalue weighted by Crippen LogP contribution is -2.15. The van der Waals surface area contributed by atoms with Crippen molar-refractivity contribution >= 4 is 11.5 Å². The van der Waals surface area contributed by atoms with Crippen molar-refractivity contribution in [1.82, 2.24) is 19.6 Å². The van der Waals surface area contributed by atoms with Crippen molar-refractivity contribution in [2.45, 2.75) is 6.92 Å². The molecule has 0 aliphatic carbocycles. The predicted octanol–water partition coefficient (Wildman–Crippen LogP) is -0.988. The van der Waals surface area contributed by atoms with E-state index in [1.807, 2.05) is 0 Å². The maximum absolute atomic E-state index is 11.2. The summed E-state index contributed by atoms with van der Waals surface area (Å²) in [6.07, 6.45) is 0. The first-order chi connectivity index (χ1) is 6.22. The van der Waals surface area contributed by atoms with Crippen LogP contribution in [0.1, 0.15) is 5.82 Å². The fourth-order valence-corrected chi connectivity index (χ4v) is 1.17. The highest BCUT2D eigenvalue weighted by molar-refractivity contribution is 5.48. The van der Waals surface area contributed by atoms with E-state index in [1.165, 1.54) is 4.40 Å². The lowest BCUT2D eigenvalue weighted by atomic mass is 10.5. The zero-order chi connectivity index (χ0) is 9.42. The van der Waals surface area contributed by atoms with Gasteiger partial charge in [-0.05, 0) is 6.92 Å². The van der Waals surface area contributed by atoms with E-state index < -0.39 is 0 Å². The summed E-state index contributed by atoms with van der Waals surface area (Å²) in [5.74, 6) is 6.19. The minimum Gasteiger partial charge on any atom is -0.308 e. The van der Waals surface area contributed by atoms with Crippen LogP contribution in [-0.4, -0.2) is 19.6 Å². The van der Waals surface area contributed by atoms with Crippen LogP contribution in [0.5, 0.6) is 0 Å². The number of nitrogens with one attached hydrogen (secondary N) is 2. The Balaban J connectivity index is 2.87. The van der Waals surface area contributed by atoms with Gasteiger partial charge in [-0.25, -0.2) is 25.1 Å². The van der Waals surface area contributed by atoms with Crippen LogP contribution in [0.2, 0.25) is 0 Å². The molecule has 2 rings (SSSR count). The summed E-state index contributed by atoms with van der Waals surface area (Å²) < 4.78 is 1.36. The Bertz CT molecular complexity index is 497. The first-order valence-corrected chi connectivity index (χ1v) is 3.64. The largest absolute Gasteiger partial charge is 0.349 e. The van der Waals surface area contributed by atoms with E-state index in [0.717, 1.165) is 0 Å². The van der Waals surface area contributed by atoms with Gasteiger partial charge in [-0.2, -0.15) is 5.10 Å². The fraction of sp³-hybridized carbons (Fsp3) is 0.167. The number of aryl methyl sites for hydroxylation is 1. The van der Waals surface area contributed by atoms with Gasteiger partial charge in [0.1, 0.15) is 11.6 Å². The molecule has 2 heterocycles. The molecule has 2 aromatic heterocycles. The molecule has 0 unspecified atom stereocenters. The van der Waals surface area contributed by atoms with Crippen LogP contribution in [0.15, 0.2) is 10.9 Å². The highest BCUT2D eigenvalue weighted by atomic mass is 16.1. The maximum Gasteiger partial charge on any atom is 0.349 e. The number of aromatic nitrogens is 4. The van der Waals surface area contributed by atoms with Gasteiger partial charge in [-0.1, -0.05) is 0 Å². The number of aromatic amines is 1. The van der Waals surface area contributed by atoms with E-state index in [2.05, 4.69) is 20.6 Å². The number of nitrogens with zero attached hydrogens (tertiary/aromatic N) is 3. The third-order valence-corrected chi connectivity index (χ3v) is 1.72. The van der Waals surface area contributed by atoms with Crippen molar-refractivity contribution in [3.05, 3.63) is 22.4 Å². The van der Waals surface area contributed by atoms with E-state index in [1.54, 1.807) is 13.0 Å². The van der Waals surface area contributed by atoms with Gasteiger partial charge in [0.05, 0.1) is 0 Å². The van der Waals surface area contributed by atoms with Crippen LogP contribution in [0.25, 0.3) is 5.65 Å². The molecule has 2 aromatic rings. The lowest BCUT2D eigenvalue weighted by molar-refractivity contribution is 0.935. The maximum atomic E-state index is 11.2. The monoisotopic (exact) mass is 180 g/mol. The Morgan fingerprint density at radius 3 is 3.15 bits per heavy atom. The zero-order valence-electron chi connectivity index (χ0n) is 6.90. The second kappa shape index (κ2) is 2.56. The molecule has 0 bridgehead atoms. The number of anilines is 1. The molecule has 0 amide bonds. The van der Waals surface area contributed by atoms with Gasteiger partial charge in [0.25, 0.3) is 0 Å². The van der Waals surface area contributed by atoms with Crippen molar-refractivity contribution in [3.63, 3.8) is 0 Å². The summed E-state index contributed by atoms with van der Waals surface area (Å²) in [7, 11) is 0. The average Bonchev–Trinajstić information content (AvgIpc) is 2.48. The van der Waals surface area contributed by atoms with Crippen LogP contribution in [0.4, 0.5) is 5.82 Å². The number of nitrogens with two attached hydrogens (primary N) is 1. The summed E-state index contributed by atoms with van der Waals surface area (Å²) in [6, 6.07) is 1.57. The van der Waals surface area contributed by atoms with Gasteiger partial charge in [0, 0.05) is 6.07 Å². The van der Waals surface area contributed by atoms with Gasteiger partial charge < -0.3 is 5.43 Å². The standard InChI is InChI=1S/C6H8N6O/c1-3-8-4(9-7)2-5-10-11-6(13)12(3)5/h2,9H,7H2,1H3,(H,11,13). The first kappa shape index (κ1) is 7.74. The molecule has 0 aliphatic heterocycles. The third-order valence-electron chi connectivity index (χ3n) is 1.72. The zero-order valence-corrected chi connectivity index (χ0v) is 6.90. The number of hydrogen-bond acceptors (Lipinski definition) is 5. The summed E-state index contributed by atoms with van der Waals surface area (Å²) in [5.41, 5.74) is 2.58. The normalized spacial score (nSPS) is 10.6. The molecule has 13 heavy (non-hydrogen) atoms. The molecule has 7 nitrogen and oxygen atoms in total. The average molecular weight is 180 g/mol. The van der Waals surface area contributed by atoms with Gasteiger partial charge >= 0.3 is 5.69 Å². The molecule has 0 fully saturated rings. The summed E-state index contributed by atoms with van der Waals surface area (Å²) in [6.45, 7) is 1.70. The Hall–Kier alpha value is -1.89. The van der Waals surface area contributed by atoms with Crippen molar-refractivity contribution in [2.75, 3.05) is 5.43 Å². The fourth-order valence-electron chi connectivity index (χ4n) is 1.17. The van der Waals surface area contributed by atoms with Gasteiger partial charge in [-0.3, -0.25) is 0 Å². The van der Waals surface area contributed by atoms with E-state index in [9.17, 15) is 4.79 Å². The van der Waals surface area contributed by atoms with E-state index in [0.29, 0.717) is 17.3 Å². The second-order valence-electron chi connectivity index (χ2n) is 2.56. The summed E-state index contributed by atoms with van der Waals surface area (Å²) in [4.78, 5) is 15.2. The minimum atomic E-state index is -0.302. The molecule has 4 N–H and O–H groups in total. The van der Waals surface area contributed by atoms with Crippen LogP contribution in [0.3, 0.4) is 0 Å². The lowest BCUT2D eigenvalue weighted by Gasteiger charge is -2.00. The topological polar surface area (TPSA) is 101 Å². The van der Waals surface area contributed by atoms with E-state index >= 15 is 0 Å². The van der Waals surface area contributed by atoms with E-state index in [4.69, 9.17) is 5.84 Å². The van der Waals surface area contributed by atoms with Crippen LogP contribution in [-0.2, 0) is 0 Å². The van der Waals surface area contributed by atoms with Gasteiger partial charge in [-0.15, -0.1) is 0 Å². The quantitative estimate of drug-likeness (QED) is 0.386. The highest BCUT2D eigenvalue weighted by Gasteiger charge is 2.05. The molecule has 0 spiro atoms. The minimum absolute atomic E-state index is 0.302. The predicted molar refractivity (Wildman–Crippen MR) is 46.2 cm³/mol. The molecule has 0 aliphatic rings. The molecule has 0 saturated heterocycles. The molecule has 0 atom stereocenters. The number of H-pyrrole nitrogens is 1. The molecule has 7 heteroatoms. The van der Waals surface area contributed by atoms with Crippen molar-refractivity contribution in [3.8, 4) is 0 Å². The number of fused-ring (bicyclic) bond motifs is 1. The Morgan fingerprint density at radius 1 is 1.69 bits per heavy atom.